The molecular weight excluding hydrogens is 199 g/mol. The Balaban J connectivity index is 2.26. The van der Waals surface area contributed by atoms with Gasteiger partial charge in [0.25, 0.3) is 0 Å². The van der Waals surface area contributed by atoms with Crippen molar-refractivity contribution in [2.75, 3.05) is 13.2 Å². The number of carbonyl (C=O) groups is 1. The van der Waals surface area contributed by atoms with Crippen LogP contribution < -0.4 is 0 Å². The second kappa shape index (κ2) is 3.62. The topological polar surface area (TPSA) is 46.5 Å². The summed E-state index contributed by atoms with van der Waals surface area (Å²) in [6, 6.07) is 5.94. The van der Waals surface area contributed by atoms with Gasteiger partial charge in [-0.25, -0.2) is 4.39 Å². The minimum absolute atomic E-state index is 0.0264. The Kier molecular flexibility index (Phi) is 2.44. The molecule has 1 aliphatic rings. The lowest BCUT2D eigenvalue weighted by Crippen LogP contribution is -2.48. The molecule has 1 aliphatic heterocycles. The van der Waals surface area contributed by atoms with Crippen molar-refractivity contribution in [3.8, 4) is 0 Å². The van der Waals surface area contributed by atoms with Crippen molar-refractivity contribution in [3.05, 3.63) is 35.6 Å². The first kappa shape index (κ1) is 10.1. The summed E-state index contributed by atoms with van der Waals surface area (Å²) in [6.07, 6.45) is 0.0264. The number of rotatable bonds is 3. The Labute approximate surface area is 86.5 Å². The quantitative estimate of drug-likeness (QED) is 0.823. The zero-order valence-electron chi connectivity index (χ0n) is 8.07. The van der Waals surface area contributed by atoms with Crippen LogP contribution in [-0.2, 0) is 14.9 Å². The Bertz CT molecular complexity index is 368. The van der Waals surface area contributed by atoms with E-state index < -0.39 is 11.4 Å². The van der Waals surface area contributed by atoms with Gasteiger partial charge in [0.1, 0.15) is 5.82 Å². The van der Waals surface area contributed by atoms with Gasteiger partial charge in [-0.05, 0) is 17.7 Å². The molecule has 0 atom stereocenters. The summed E-state index contributed by atoms with van der Waals surface area (Å²) in [6.45, 7) is 0.788. The number of hydrogen-bond acceptors (Lipinski definition) is 2. The molecule has 0 saturated carbocycles. The van der Waals surface area contributed by atoms with Crippen LogP contribution in [0.2, 0.25) is 0 Å². The van der Waals surface area contributed by atoms with Crippen LogP contribution in [0.15, 0.2) is 24.3 Å². The highest BCUT2D eigenvalue weighted by molar-refractivity contribution is 5.69. The molecule has 0 radical (unpaired) electrons. The second-order valence-corrected chi connectivity index (χ2v) is 3.85. The van der Waals surface area contributed by atoms with Gasteiger partial charge in [-0.2, -0.15) is 0 Å². The third-order valence-corrected chi connectivity index (χ3v) is 2.70. The molecule has 80 valence electrons. The minimum Gasteiger partial charge on any atom is -0.481 e. The van der Waals surface area contributed by atoms with Crippen LogP contribution in [0.5, 0.6) is 0 Å². The lowest BCUT2D eigenvalue weighted by atomic mass is 9.76. The van der Waals surface area contributed by atoms with Crippen LogP contribution in [0.1, 0.15) is 12.0 Å². The molecule has 0 amide bonds. The molecule has 2 rings (SSSR count). The van der Waals surface area contributed by atoms with Gasteiger partial charge in [0, 0.05) is 0 Å². The normalized spacial score (nSPS) is 18.2. The van der Waals surface area contributed by atoms with E-state index in [4.69, 9.17) is 9.84 Å². The third-order valence-electron chi connectivity index (χ3n) is 2.70. The molecular formula is C11H11FO3. The first-order valence-corrected chi connectivity index (χ1v) is 4.68. The summed E-state index contributed by atoms with van der Waals surface area (Å²) in [5.41, 5.74) is 0.372. The van der Waals surface area contributed by atoms with E-state index in [1.54, 1.807) is 12.1 Å². The number of hydrogen-bond donors (Lipinski definition) is 1. The van der Waals surface area contributed by atoms with Gasteiger partial charge < -0.3 is 9.84 Å². The van der Waals surface area contributed by atoms with Gasteiger partial charge in [0.2, 0.25) is 0 Å². The highest BCUT2D eigenvalue weighted by atomic mass is 19.1. The number of ether oxygens (including phenoxy) is 1. The predicted octanol–water partition coefficient (Wildman–Crippen LogP) is 1.57. The molecule has 0 spiro atoms. The van der Waals surface area contributed by atoms with E-state index in [1.807, 2.05) is 0 Å². The Morgan fingerprint density at radius 3 is 2.40 bits per heavy atom. The zero-order valence-corrected chi connectivity index (χ0v) is 8.07. The van der Waals surface area contributed by atoms with Crippen molar-refractivity contribution in [2.24, 2.45) is 0 Å². The first-order valence-electron chi connectivity index (χ1n) is 4.68. The zero-order chi connectivity index (χ0) is 10.9. The Morgan fingerprint density at radius 2 is 2.00 bits per heavy atom. The molecule has 1 aromatic rings. The molecule has 0 aromatic heterocycles. The van der Waals surface area contributed by atoms with E-state index in [1.165, 1.54) is 12.1 Å². The van der Waals surface area contributed by atoms with Crippen LogP contribution in [-0.4, -0.2) is 24.3 Å². The third kappa shape index (κ3) is 1.85. The Morgan fingerprint density at radius 1 is 1.40 bits per heavy atom. The summed E-state index contributed by atoms with van der Waals surface area (Å²) in [5, 5.41) is 8.80. The van der Waals surface area contributed by atoms with Crippen molar-refractivity contribution >= 4 is 5.97 Å². The molecule has 1 heterocycles. The van der Waals surface area contributed by atoms with E-state index in [0.717, 1.165) is 5.56 Å². The monoisotopic (exact) mass is 210 g/mol. The number of halogens is 1. The van der Waals surface area contributed by atoms with E-state index in [2.05, 4.69) is 0 Å². The Hall–Kier alpha value is -1.42. The molecule has 1 aromatic carbocycles. The molecule has 4 heteroatoms. The summed E-state index contributed by atoms with van der Waals surface area (Å²) in [4.78, 5) is 10.7. The highest BCUT2D eigenvalue weighted by Crippen LogP contribution is 2.35. The van der Waals surface area contributed by atoms with Gasteiger partial charge in [-0.15, -0.1) is 0 Å². The number of benzene rings is 1. The SMILES string of the molecule is O=C(O)CC1(c2ccc(F)cc2)COC1. The smallest absolute Gasteiger partial charge is 0.304 e. The standard InChI is InChI=1S/C11H11FO3/c12-9-3-1-8(2-4-9)11(5-10(13)14)6-15-7-11/h1-4H,5-7H2,(H,13,14). The highest BCUT2D eigenvalue weighted by Gasteiger charge is 2.42. The number of carboxylic acids is 1. The van der Waals surface area contributed by atoms with Gasteiger partial charge in [-0.1, -0.05) is 12.1 Å². The van der Waals surface area contributed by atoms with Gasteiger partial charge in [-0.3, -0.25) is 4.79 Å². The molecule has 15 heavy (non-hydrogen) atoms. The maximum Gasteiger partial charge on any atom is 0.304 e. The van der Waals surface area contributed by atoms with Crippen molar-refractivity contribution in [2.45, 2.75) is 11.8 Å². The fourth-order valence-corrected chi connectivity index (χ4v) is 1.81. The van der Waals surface area contributed by atoms with Crippen molar-refractivity contribution in [1.82, 2.24) is 0 Å². The van der Waals surface area contributed by atoms with Crippen LogP contribution in [0.4, 0.5) is 4.39 Å². The molecule has 0 aliphatic carbocycles. The average molecular weight is 210 g/mol. The second-order valence-electron chi connectivity index (χ2n) is 3.85. The van der Waals surface area contributed by atoms with E-state index in [0.29, 0.717) is 13.2 Å². The molecule has 0 unspecified atom stereocenters. The summed E-state index contributed by atoms with van der Waals surface area (Å²) in [7, 11) is 0. The van der Waals surface area contributed by atoms with E-state index in [-0.39, 0.29) is 12.2 Å². The fraction of sp³-hybridized carbons (Fsp3) is 0.364. The summed E-state index contributed by atoms with van der Waals surface area (Å²) >= 11 is 0. The molecule has 1 fully saturated rings. The molecule has 1 saturated heterocycles. The summed E-state index contributed by atoms with van der Waals surface area (Å²) in [5.74, 6) is -1.17. The molecule has 1 N–H and O–H groups in total. The van der Waals surface area contributed by atoms with Gasteiger partial charge in [0.05, 0.1) is 25.0 Å². The fourth-order valence-electron chi connectivity index (χ4n) is 1.81. The maximum absolute atomic E-state index is 12.7. The minimum atomic E-state index is -0.859. The largest absolute Gasteiger partial charge is 0.481 e. The van der Waals surface area contributed by atoms with Gasteiger partial charge in [0.15, 0.2) is 0 Å². The van der Waals surface area contributed by atoms with Gasteiger partial charge >= 0.3 is 5.97 Å². The lowest BCUT2D eigenvalue weighted by molar-refractivity contribution is -0.145. The van der Waals surface area contributed by atoms with E-state index in [9.17, 15) is 9.18 Å². The van der Waals surface area contributed by atoms with Crippen LogP contribution >= 0.6 is 0 Å². The van der Waals surface area contributed by atoms with Crippen molar-refractivity contribution in [1.29, 1.82) is 0 Å². The predicted molar refractivity (Wildman–Crippen MR) is 51.1 cm³/mol. The average Bonchev–Trinajstić information content (AvgIpc) is 2.13. The van der Waals surface area contributed by atoms with Crippen LogP contribution in [0, 0.1) is 5.82 Å². The van der Waals surface area contributed by atoms with Crippen molar-refractivity contribution in [3.63, 3.8) is 0 Å². The number of aliphatic carboxylic acids is 1. The maximum atomic E-state index is 12.7. The molecule has 0 bridgehead atoms. The van der Waals surface area contributed by atoms with E-state index >= 15 is 0 Å². The lowest BCUT2D eigenvalue weighted by Gasteiger charge is -2.40. The van der Waals surface area contributed by atoms with Crippen molar-refractivity contribution < 1.29 is 19.0 Å². The van der Waals surface area contributed by atoms with Crippen LogP contribution in [0.3, 0.4) is 0 Å². The molecule has 3 nitrogen and oxygen atoms in total. The van der Waals surface area contributed by atoms with Crippen LogP contribution in [0.25, 0.3) is 0 Å². The first-order chi connectivity index (χ1) is 7.12. The summed E-state index contributed by atoms with van der Waals surface area (Å²) < 4.78 is 17.8. The number of carboxylic acid groups (broad SMARTS) is 1.